The molecule has 1 aliphatic rings. The van der Waals surface area contributed by atoms with Gasteiger partial charge in [0.05, 0.1) is 11.6 Å². The smallest absolute Gasteiger partial charge is 0.129 e. The number of aryl methyl sites for hydroxylation is 2. The van der Waals surface area contributed by atoms with Crippen molar-refractivity contribution in [2.45, 2.75) is 51.4 Å². The van der Waals surface area contributed by atoms with Crippen LogP contribution in [0.25, 0.3) is 0 Å². The quantitative estimate of drug-likeness (QED) is 0.625. The summed E-state index contributed by atoms with van der Waals surface area (Å²) in [7, 11) is 1.82. The molecule has 1 atom stereocenters. The van der Waals surface area contributed by atoms with Gasteiger partial charge in [0.25, 0.3) is 0 Å². The molecule has 3 N–H and O–H groups in total. The first-order chi connectivity index (χ1) is 14.6. The fourth-order valence-corrected chi connectivity index (χ4v) is 3.87. The molecule has 2 heterocycles. The van der Waals surface area contributed by atoms with Gasteiger partial charge in [0.15, 0.2) is 0 Å². The van der Waals surface area contributed by atoms with Crippen LogP contribution in [0.3, 0.4) is 0 Å². The summed E-state index contributed by atoms with van der Waals surface area (Å²) in [5, 5.41) is 12.5. The molecule has 0 aliphatic carbocycles. The number of hydrogen-bond donors (Lipinski definition) is 2. The first kappa shape index (κ1) is 21.6. The van der Waals surface area contributed by atoms with E-state index in [1.54, 1.807) is 0 Å². The number of aliphatic imine (C=N–C) groups is 1. The highest BCUT2D eigenvalue weighted by Crippen LogP contribution is 2.23. The Morgan fingerprint density at radius 3 is 3.03 bits per heavy atom. The van der Waals surface area contributed by atoms with Crippen LogP contribution in [0.1, 0.15) is 60.9 Å². The van der Waals surface area contributed by atoms with Crippen LogP contribution < -0.4 is 11.1 Å². The molecule has 0 saturated carbocycles. The number of nitrogens with two attached hydrogens (primary N) is 1. The minimum atomic E-state index is 0.250. The van der Waals surface area contributed by atoms with Crippen LogP contribution in [0.2, 0.25) is 0 Å². The highest BCUT2D eigenvalue weighted by molar-refractivity contribution is 5.95. The van der Waals surface area contributed by atoms with Crippen molar-refractivity contribution < 1.29 is 0 Å². The fraction of sp³-hybridized carbons (Fsp3) is 0.400. The van der Waals surface area contributed by atoms with E-state index in [1.165, 1.54) is 12.0 Å². The molecule has 30 heavy (non-hydrogen) atoms. The lowest BCUT2D eigenvalue weighted by molar-refractivity contribution is 0.745. The van der Waals surface area contributed by atoms with E-state index < -0.39 is 0 Å². The van der Waals surface area contributed by atoms with Gasteiger partial charge in [-0.1, -0.05) is 25.1 Å². The van der Waals surface area contributed by atoms with Gasteiger partial charge in [0, 0.05) is 30.7 Å². The zero-order valence-electron chi connectivity index (χ0n) is 18.0. The highest BCUT2D eigenvalue weighted by atomic mass is 15.0. The van der Waals surface area contributed by atoms with Gasteiger partial charge < -0.3 is 11.1 Å². The number of hydrogen-bond acceptors (Lipinski definition) is 5. The summed E-state index contributed by atoms with van der Waals surface area (Å²) < 4.78 is 0. The predicted octanol–water partition coefficient (Wildman–Crippen LogP) is 4.74. The second-order valence-electron chi connectivity index (χ2n) is 7.97. The Bertz CT molecular complexity index is 968. The number of nitrogens with one attached hydrogen (secondary N) is 1. The van der Waals surface area contributed by atoms with E-state index in [9.17, 15) is 0 Å². The molecule has 156 valence electrons. The molecule has 5 heteroatoms. The lowest BCUT2D eigenvalue weighted by atomic mass is 9.94. The molecule has 1 aromatic carbocycles. The molecule has 1 unspecified atom stereocenters. The first-order valence-corrected chi connectivity index (χ1v) is 10.7. The molecule has 0 radical (unpaired) electrons. The summed E-state index contributed by atoms with van der Waals surface area (Å²) in [6, 6.07) is 14.3. The summed E-state index contributed by atoms with van der Waals surface area (Å²) in [5.41, 5.74) is 12.4. The largest absolute Gasteiger partial charge is 0.402 e. The van der Waals surface area contributed by atoms with Crippen LogP contribution in [-0.4, -0.2) is 24.3 Å². The van der Waals surface area contributed by atoms with Crippen LogP contribution in [-0.2, 0) is 12.8 Å². The van der Waals surface area contributed by atoms with E-state index in [0.29, 0.717) is 5.56 Å². The number of benzene rings is 1. The molecule has 3 rings (SSSR count). The van der Waals surface area contributed by atoms with E-state index in [1.807, 2.05) is 37.4 Å². The van der Waals surface area contributed by atoms with Gasteiger partial charge in [0.2, 0.25) is 0 Å². The van der Waals surface area contributed by atoms with Crippen molar-refractivity contribution in [3.8, 4) is 6.07 Å². The molecule has 1 aromatic heterocycles. The number of allylic oxidation sites excluding steroid dienone is 2. The molecule has 0 spiro atoms. The number of rotatable bonds is 8. The van der Waals surface area contributed by atoms with Gasteiger partial charge in [-0.25, -0.2) is 4.98 Å². The van der Waals surface area contributed by atoms with Crippen molar-refractivity contribution in [3.05, 3.63) is 70.6 Å². The zero-order chi connectivity index (χ0) is 21.3. The Hall–Kier alpha value is -3.13. The van der Waals surface area contributed by atoms with Crippen LogP contribution in [0, 0.1) is 11.3 Å². The molecule has 0 amide bonds. The number of fused-ring (bicyclic) bond motifs is 1. The summed E-state index contributed by atoms with van der Waals surface area (Å²) >= 11 is 0. The molecule has 1 aliphatic heterocycles. The lowest BCUT2D eigenvalue weighted by Crippen LogP contribution is -2.14. The SMILES string of the molecule is CN=C(C=C(N)CC(C)c1cccc(C#N)c1)CCCc1ccc2c(n1)NCCC2. The van der Waals surface area contributed by atoms with E-state index in [4.69, 9.17) is 16.0 Å². The summed E-state index contributed by atoms with van der Waals surface area (Å²) in [4.78, 5) is 9.19. The van der Waals surface area contributed by atoms with Crippen molar-refractivity contribution in [2.24, 2.45) is 10.7 Å². The Labute approximate surface area is 179 Å². The van der Waals surface area contributed by atoms with E-state index in [0.717, 1.165) is 67.1 Å². The molecule has 0 bridgehead atoms. The third-order valence-electron chi connectivity index (χ3n) is 5.58. The van der Waals surface area contributed by atoms with Crippen molar-refractivity contribution >= 4 is 11.5 Å². The maximum atomic E-state index is 9.09. The maximum Gasteiger partial charge on any atom is 0.129 e. The molecule has 0 fully saturated rings. The van der Waals surface area contributed by atoms with Gasteiger partial charge in [0.1, 0.15) is 5.82 Å². The van der Waals surface area contributed by atoms with Gasteiger partial charge in [-0.3, -0.25) is 4.99 Å². The van der Waals surface area contributed by atoms with Crippen LogP contribution >= 0.6 is 0 Å². The van der Waals surface area contributed by atoms with Crippen molar-refractivity contribution in [3.63, 3.8) is 0 Å². The Kier molecular flexibility index (Phi) is 7.62. The zero-order valence-corrected chi connectivity index (χ0v) is 18.0. The predicted molar refractivity (Wildman–Crippen MR) is 124 cm³/mol. The monoisotopic (exact) mass is 401 g/mol. The lowest BCUT2D eigenvalue weighted by Gasteiger charge is -2.17. The van der Waals surface area contributed by atoms with Gasteiger partial charge in [-0.2, -0.15) is 5.26 Å². The number of nitriles is 1. The van der Waals surface area contributed by atoms with Gasteiger partial charge in [-0.15, -0.1) is 0 Å². The fourth-order valence-electron chi connectivity index (χ4n) is 3.87. The van der Waals surface area contributed by atoms with Crippen molar-refractivity contribution in [2.75, 3.05) is 18.9 Å². The average molecular weight is 402 g/mol. The standard InChI is InChI=1S/C25H31N5/c1-18(21-7-3-6-19(15-21)17-26)14-22(27)16-24(28-2)10-4-9-23-12-11-20-8-5-13-29-25(20)30-23/h3,6-7,11-12,15-16,18H,4-5,8-10,13-14,27H2,1-2H3,(H,29,30). The molecule has 0 saturated heterocycles. The van der Waals surface area contributed by atoms with E-state index in [2.05, 4.69) is 35.4 Å². The maximum absolute atomic E-state index is 9.09. The van der Waals surface area contributed by atoms with Crippen LogP contribution in [0.15, 0.2) is 53.2 Å². The Morgan fingerprint density at radius 2 is 2.23 bits per heavy atom. The van der Waals surface area contributed by atoms with Crippen molar-refractivity contribution in [1.29, 1.82) is 5.26 Å². The Balaban J connectivity index is 1.53. The number of nitrogens with zero attached hydrogens (tertiary/aromatic N) is 3. The van der Waals surface area contributed by atoms with Crippen molar-refractivity contribution in [1.82, 2.24) is 4.98 Å². The molecular weight excluding hydrogens is 370 g/mol. The number of aromatic nitrogens is 1. The summed E-state index contributed by atoms with van der Waals surface area (Å²) in [6.07, 6.45) is 7.84. The minimum Gasteiger partial charge on any atom is -0.402 e. The van der Waals surface area contributed by atoms with Gasteiger partial charge >= 0.3 is 0 Å². The van der Waals surface area contributed by atoms with E-state index in [-0.39, 0.29) is 5.92 Å². The van der Waals surface area contributed by atoms with E-state index >= 15 is 0 Å². The average Bonchev–Trinajstić information content (AvgIpc) is 2.78. The topological polar surface area (TPSA) is 87.1 Å². The highest BCUT2D eigenvalue weighted by Gasteiger charge is 2.11. The molecule has 5 nitrogen and oxygen atoms in total. The minimum absolute atomic E-state index is 0.250. The van der Waals surface area contributed by atoms with Gasteiger partial charge in [-0.05, 0) is 79.8 Å². The molecular formula is C25H31N5. The third-order valence-corrected chi connectivity index (χ3v) is 5.58. The number of pyridine rings is 1. The molecule has 2 aromatic rings. The normalized spacial score (nSPS) is 15.1. The summed E-state index contributed by atoms with van der Waals surface area (Å²) in [6.45, 7) is 3.15. The third kappa shape index (κ3) is 5.93. The van der Waals surface area contributed by atoms with Crippen LogP contribution in [0.5, 0.6) is 0 Å². The number of anilines is 1. The van der Waals surface area contributed by atoms with Crippen LogP contribution in [0.4, 0.5) is 5.82 Å². The Morgan fingerprint density at radius 1 is 1.37 bits per heavy atom. The second kappa shape index (κ2) is 10.6. The first-order valence-electron chi connectivity index (χ1n) is 10.7. The second-order valence-corrected chi connectivity index (χ2v) is 7.97. The summed E-state index contributed by atoms with van der Waals surface area (Å²) in [5.74, 6) is 1.31.